The molecule has 3 rings (SSSR count). The highest BCUT2D eigenvalue weighted by atomic mass is 32.2. The van der Waals surface area contributed by atoms with E-state index >= 15 is 0 Å². The Morgan fingerprint density at radius 2 is 1.92 bits per heavy atom. The Bertz CT molecular complexity index is 667. The molecule has 0 spiro atoms. The summed E-state index contributed by atoms with van der Waals surface area (Å²) in [5.41, 5.74) is 0.964. The third-order valence-corrected chi connectivity index (χ3v) is 5.21. The van der Waals surface area contributed by atoms with Crippen molar-refractivity contribution in [3.05, 3.63) is 36.7 Å². The molecule has 1 aromatic carbocycles. The van der Waals surface area contributed by atoms with E-state index in [1.54, 1.807) is 11.0 Å². The molecule has 1 atom stereocenters. The van der Waals surface area contributed by atoms with E-state index in [0.29, 0.717) is 5.16 Å². The fourth-order valence-electron chi connectivity index (χ4n) is 2.76. The number of hydrogen-bond acceptors (Lipinski definition) is 5. The SMILES string of the molecule is CCN1CCN(C(=O)C(C)Sc2ncn(-c3ccccc3)n2)CC1. The third kappa shape index (κ3) is 3.96. The number of para-hydroxylation sites is 1. The zero-order chi connectivity index (χ0) is 16.9. The van der Waals surface area contributed by atoms with Crippen molar-refractivity contribution < 1.29 is 4.79 Å². The van der Waals surface area contributed by atoms with Crippen molar-refractivity contribution in [2.45, 2.75) is 24.3 Å². The number of aromatic nitrogens is 3. The van der Waals surface area contributed by atoms with Gasteiger partial charge >= 0.3 is 0 Å². The van der Waals surface area contributed by atoms with Crippen LogP contribution in [0.25, 0.3) is 5.69 Å². The van der Waals surface area contributed by atoms with Crippen LogP contribution in [0, 0.1) is 0 Å². The van der Waals surface area contributed by atoms with Gasteiger partial charge in [0, 0.05) is 26.2 Å². The third-order valence-electron chi connectivity index (χ3n) is 4.25. The molecule has 24 heavy (non-hydrogen) atoms. The minimum absolute atomic E-state index is 0.173. The average Bonchev–Trinajstić information content (AvgIpc) is 3.10. The number of carbonyl (C=O) groups is 1. The fraction of sp³-hybridized carbons (Fsp3) is 0.471. The molecule has 2 heterocycles. The summed E-state index contributed by atoms with van der Waals surface area (Å²) in [6.45, 7) is 8.67. The number of hydrogen-bond donors (Lipinski definition) is 0. The number of piperazine rings is 1. The molecule has 0 saturated carbocycles. The normalized spacial score (nSPS) is 17.0. The van der Waals surface area contributed by atoms with Gasteiger partial charge < -0.3 is 9.80 Å². The Morgan fingerprint density at radius 1 is 1.21 bits per heavy atom. The molecule has 6 nitrogen and oxygen atoms in total. The number of amides is 1. The molecule has 128 valence electrons. The first-order valence-electron chi connectivity index (χ1n) is 8.32. The van der Waals surface area contributed by atoms with E-state index in [1.165, 1.54) is 11.8 Å². The lowest BCUT2D eigenvalue weighted by Gasteiger charge is -2.35. The lowest BCUT2D eigenvalue weighted by molar-refractivity contribution is -0.132. The van der Waals surface area contributed by atoms with Crippen molar-refractivity contribution in [2.24, 2.45) is 0 Å². The van der Waals surface area contributed by atoms with Crippen LogP contribution in [0.3, 0.4) is 0 Å². The minimum Gasteiger partial charge on any atom is -0.339 e. The molecule has 1 aliphatic heterocycles. The van der Waals surface area contributed by atoms with E-state index in [9.17, 15) is 4.79 Å². The summed E-state index contributed by atoms with van der Waals surface area (Å²) in [6, 6.07) is 9.85. The molecule has 0 N–H and O–H groups in total. The molecule has 1 saturated heterocycles. The molecular formula is C17H23N5OS. The highest BCUT2D eigenvalue weighted by Crippen LogP contribution is 2.22. The summed E-state index contributed by atoms with van der Waals surface area (Å²) in [5, 5.41) is 4.92. The van der Waals surface area contributed by atoms with Gasteiger partial charge in [-0.25, -0.2) is 9.67 Å². The molecule has 7 heteroatoms. The van der Waals surface area contributed by atoms with Gasteiger partial charge in [0.15, 0.2) is 0 Å². The highest BCUT2D eigenvalue weighted by Gasteiger charge is 2.25. The largest absolute Gasteiger partial charge is 0.339 e. The van der Waals surface area contributed by atoms with E-state index < -0.39 is 0 Å². The molecule has 1 amide bonds. The Balaban J connectivity index is 1.58. The van der Waals surface area contributed by atoms with Crippen LogP contribution in [0.2, 0.25) is 0 Å². The van der Waals surface area contributed by atoms with Crippen LogP contribution in [0.5, 0.6) is 0 Å². The first-order chi connectivity index (χ1) is 11.7. The van der Waals surface area contributed by atoms with Crippen molar-refractivity contribution in [1.82, 2.24) is 24.6 Å². The van der Waals surface area contributed by atoms with E-state index in [4.69, 9.17) is 0 Å². The minimum atomic E-state index is -0.176. The molecule has 0 aliphatic carbocycles. The van der Waals surface area contributed by atoms with Gasteiger partial charge in [0.2, 0.25) is 11.1 Å². The smallest absolute Gasteiger partial charge is 0.235 e. The number of nitrogens with zero attached hydrogens (tertiary/aromatic N) is 5. The van der Waals surface area contributed by atoms with Gasteiger partial charge in [0.25, 0.3) is 0 Å². The Morgan fingerprint density at radius 3 is 2.58 bits per heavy atom. The van der Waals surface area contributed by atoms with Crippen LogP contribution >= 0.6 is 11.8 Å². The van der Waals surface area contributed by atoms with E-state index in [0.717, 1.165) is 38.4 Å². The Kier molecular flexibility index (Phi) is 5.52. The summed E-state index contributed by atoms with van der Waals surface area (Å²) < 4.78 is 1.74. The van der Waals surface area contributed by atoms with E-state index in [1.807, 2.05) is 42.2 Å². The van der Waals surface area contributed by atoms with Crippen LogP contribution in [-0.4, -0.2) is 68.4 Å². The molecule has 1 aliphatic rings. The van der Waals surface area contributed by atoms with Crippen molar-refractivity contribution in [3.63, 3.8) is 0 Å². The first-order valence-corrected chi connectivity index (χ1v) is 9.20. The number of carbonyl (C=O) groups excluding carboxylic acids is 1. The molecular weight excluding hydrogens is 322 g/mol. The zero-order valence-corrected chi connectivity index (χ0v) is 14.9. The molecule has 1 aromatic heterocycles. The highest BCUT2D eigenvalue weighted by molar-refractivity contribution is 8.00. The van der Waals surface area contributed by atoms with Crippen molar-refractivity contribution >= 4 is 17.7 Å². The molecule has 1 unspecified atom stereocenters. The van der Waals surface area contributed by atoms with E-state index in [-0.39, 0.29) is 11.2 Å². The second kappa shape index (κ2) is 7.81. The van der Waals surface area contributed by atoms with Crippen molar-refractivity contribution in [1.29, 1.82) is 0 Å². The number of benzene rings is 1. The van der Waals surface area contributed by atoms with Gasteiger partial charge in [-0.15, -0.1) is 5.10 Å². The summed E-state index contributed by atoms with van der Waals surface area (Å²) in [6.07, 6.45) is 1.69. The van der Waals surface area contributed by atoms with Crippen LogP contribution in [0.15, 0.2) is 41.8 Å². The van der Waals surface area contributed by atoms with Crippen LogP contribution in [0.4, 0.5) is 0 Å². The van der Waals surface area contributed by atoms with Gasteiger partial charge in [-0.2, -0.15) is 0 Å². The average molecular weight is 345 g/mol. The molecule has 0 bridgehead atoms. The number of thioether (sulfide) groups is 1. The van der Waals surface area contributed by atoms with Crippen LogP contribution in [0.1, 0.15) is 13.8 Å². The second-order valence-corrected chi connectivity index (χ2v) is 7.13. The molecule has 0 radical (unpaired) electrons. The van der Waals surface area contributed by atoms with Crippen LogP contribution in [-0.2, 0) is 4.79 Å². The summed E-state index contributed by atoms with van der Waals surface area (Å²) in [7, 11) is 0. The van der Waals surface area contributed by atoms with Gasteiger partial charge in [0.05, 0.1) is 10.9 Å². The molecule has 1 fully saturated rings. The Hall–Kier alpha value is -1.86. The predicted molar refractivity (Wildman–Crippen MR) is 95.4 cm³/mol. The maximum atomic E-state index is 12.6. The Labute approximate surface area is 146 Å². The van der Waals surface area contributed by atoms with Gasteiger partial charge in [-0.1, -0.05) is 36.9 Å². The maximum Gasteiger partial charge on any atom is 0.235 e. The van der Waals surface area contributed by atoms with Gasteiger partial charge in [-0.3, -0.25) is 4.79 Å². The van der Waals surface area contributed by atoms with Crippen molar-refractivity contribution in [2.75, 3.05) is 32.7 Å². The number of rotatable bonds is 5. The molecule has 2 aromatic rings. The van der Waals surface area contributed by atoms with Crippen molar-refractivity contribution in [3.8, 4) is 5.69 Å². The van der Waals surface area contributed by atoms with E-state index in [2.05, 4.69) is 21.9 Å². The summed E-state index contributed by atoms with van der Waals surface area (Å²) >= 11 is 1.42. The standard InChI is InChI=1S/C17H23N5OS/c1-3-20-9-11-21(12-10-20)16(23)14(2)24-17-18-13-22(19-17)15-7-5-4-6-8-15/h4-8,13-14H,3,9-12H2,1-2H3. The number of likely N-dealkylation sites (N-methyl/N-ethyl adjacent to an activating group) is 1. The van der Waals surface area contributed by atoms with Gasteiger partial charge in [-0.05, 0) is 25.6 Å². The lowest BCUT2D eigenvalue weighted by Crippen LogP contribution is -2.50. The zero-order valence-electron chi connectivity index (χ0n) is 14.1. The summed E-state index contributed by atoms with van der Waals surface area (Å²) in [4.78, 5) is 21.2. The predicted octanol–water partition coefficient (Wildman–Crippen LogP) is 1.91. The first kappa shape index (κ1) is 17.0. The lowest BCUT2D eigenvalue weighted by atomic mass is 10.3. The fourth-order valence-corrected chi connectivity index (χ4v) is 3.57. The quantitative estimate of drug-likeness (QED) is 0.775. The topological polar surface area (TPSA) is 54.3 Å². The monoisotopic (exact) mass is 345 g/mol. The second-order valence-electron chi connectivity index (χ2n) is 5.83. The van der Waals surface area contributed by atoms with Gasteiger partial charge in [0.1, 0.15) is 6.33 Å². The van der Waals surface area contributed by atoms with Crippen LogP contribution < -0.4 is 0 Å². The summed E-state index contributed by atoms with van der Waals surface area (Å²) in [5.74, 6) is 0.173. The maximum absolute atomic E-state index is 12.6.